The fourth-order valence-electron chi connectivity index (χ4n) is 4.29. The van der Waals surface area contributed by atoms with Crippen molar-refractivity contribution in [1.29, 1.82) is 0 Å². The van der Waals surface area contributed by atoms with Crippen molar-refractivity contribution < 1.29 is 14.3 Å². The minimum atomic E-state index is -0.489. The van der Waals surface area contributed by atoms with Crippen LogP contribution in [0.4, 0.5) is 4.79 Å². The highest BCUT2D eigenvalue weighted by Gasteiger charge is 2.32. The van der Waals surface area contributed by atoms with Gasteiger partial charge in [-0.15, -0.1) is 0 Å². The highest BCUT2D eigenvalue weighted by molar-refractivity contribution is 5.76. The molecule has 1 heterocycles. The second-order valence-electron chi connectivity index (χ2n) is 10.6. The molecule has 5 heteroatoms. The zero-order valence-electron chi connectivity index (χ0n) is 22.1. The van der Waals surface area contributed by atoms with E-state index in [0.717, 1.165) is 25.7 Å². The molecule has 0 unspecified atom stereocenters. The number of hydrogen-bond acceptors (Lipinski definition) is 3. The molecule has 1 fully saturated rings. The number of likely N-dealkylation sites (tertiary alicyclic amines) is 1. The van der Waals surface area contributed by atoms with Crippen LogP contribution in [0.5, 0.6) is 0 Å². The number of hydrogen-bond donors (Lipinski definition) is 1. The lowest BCUT2D eigenvalue weighted by molar-refractivity contribution is -0.121. The Kier molecular flexibility index (Phi) is 16.0. The van der Waals surface area contributed by atoms with Crippen LogP contribution in [0.15, 0.2) is 12.2 Å². The molecule has 1 saturated heterocycles. The SMILES string of the molecule is CCCCCCCCC=CCCCCCCCC(=O)NC[C@@H]1CCCN1C(=O)OC(C)(C)C. The summed E-state index contributed by atoms with van der Waals surface area (Å²) < 4.78 is 5.49. The molecule has 0 bridgehead atoms. The van der Waals surface area contributed by atoms with Crippen LogP contribution in [0.2, 0.25) is 0 Å². The lowest BCUT2D eigenvalue weighted by atomic mass is 10.1. The van der Waals surface area contributed by atoms with Gasteiger partial charge in [-0.05, 0) is 65.7 Å². The van der Waals surface area contributed by atoms with Gasteiger partial charge in [0.1, 0.15) is 5.60 Å². The summed E-state index contributed by atoms with van der Waals surface area (Å²) in [5.41, 5.74) is -0.489. The third kappa shape index (κ3) is 15.9. The molecule has 5 nitrogen and oxygen atoms in total. The van der Waals surface area contributed by atoms with Gasteiger partial charge in [0, 0.05) is 19.5 Å². The molecule has 0 aromatic heterocycles. The summed E-state index contributed by atoms with van der Waals surface area (Å²) in [5.74, 6) is 0.101. The van der Waals surface area contributed by atoms with Crippen molar-refractivity contribution in [1.82, 2.24) is 10.2 Å². The molecule has 2 amide bonds. The van der Waals surface area contributed by atoms with Crippen LogP contribution in [0.3, 0.4) is 0 Å². The summed E-state index contributed by atoms with van der Waals surface area (Å²) in [4.78, 5) is 26.3. The van der Waals surface area contributed by atoms with Crippen LogP contribution in [0.1, 0.15) is 130 Å². The Morgan fingerprint density at radius 1 is 0.909 bits per heavy atom. The van der Waals surface area contributed by atoms with Crippen LogP contribution < -0.4 is 5.32 Å². The molecule has 0 aliphatic carbocycles. The summed E-state index contributed by atoms with van der Waals surface area (Å²) in [6.07, 6.45) is 23.3. The van der Waals surface area contributed by atoms with Crippen LogP contribution in [-0.4, -0.2) is 41.6 Å². The summed E-state index contributed by atoms with van der Waals surface area (Å²) in [6.45, 7) is 9.15. The van der Waals surface area contributed by atoms with Gasteiger partial charge in [-0.3, -0.25) is 4.79 Å². The number of carbonyl (C=O) groups is 2. The molecule has 1 N–H and O–H groups in total. The molecular formula is C28H52N2O3. The first-order chi connectivity index (χ1) is 15.8. The van der Waals surface area contributed by atoms with Gasteiger partial charge in [0.05, 0.1) is 6.04 Å². The topological polar surface area (TPSA) is 58.6 Å². The third-order valence-electron chi connectivity index (χ3n) is 6.21. The monoisotopic (exact) mass is 464 g/mol. The van der Waals surface area contributed by atoms with Gasteiger partial charge < -0.3 is 15.0 Å². The van der Waals surface area contributed by atoms with E-state index in [1.807, 2.05) is 20.8 Å². The van der Waals surface area contributed by atoms with Gasteiger partial charge in [-0.25, -0.2) is 4.79 Å². The number of rotatable bonds is 17. The first-order valence-electron chi connectivity index (χ1n) is 13.7. The Labute approximate surface area is 204 Å². The van der Waals surface area contributed by atoms with Crippen molar-refractivity contribution in [2.75, 3.05) is 13.1 Å². The van der Waals surface area contributed by atoms with Crippen molar-refractivity contribution >= 4 is 12.0 Å². The first kappa shape index (κ1) is 29.5. The van der Waals surface area contributed by atoms with E-state index in [2.05, 4.69) is 24.4 Å². The summed E-state index contributed by atoms with van der Waals surface area (Å²) in [7, 11) is 0. The number of unbranched alkanes of at least 4 members (excludes halogenated alkanes) is 11. The number of nitrogens with zero attached hydrogens (tertiary/aromatic N) is 1. The van der Waals surface area contributed by atoms with Gasteiger partial charge in [-0.2, -0.15) is 0 Å². The predicted octanol–water partition coefficient (Wildman–Crippen LogP) is 7.54. The minimum absolute atomic E-state index is 0.0536. The van der Waals surface area contributed by atoms with E-state index < -0.39 is 5.60 Å². The smallest absolute Gasteiger partial charge is 0.410 e. The zero-order chi connectivity index (χ0) is 24.4. The molecule has 1 rings (SSSR count). The average Bonchev–Trinajstić information content (AvgIpc) is 3.23. The number of amides is 2. The Bertz CT molecular complexity index is 554. The Hall–Kier alpha value is -1.52. The van der Waals surface area contributed by atoms with Gasteiger partial charge in [-0.1, -0.05) is 70.4 Å². The molecule has 33 heavy (non-hydrogen) atoms. The lowest BCUT2D eigenvalue weighted by Crippen LogP contribution is -2.45. The number of nitrogens with one attached hydrogen (secondary N) is 1. The summed E-state index contributed by atoms with van der Waals surface area (Å²) >= 11 is 0. The van der Waals surface area contributed by atoms with E-state index in [1.54, 1.807) is 4.90 Å². The molecule has 1 aliphatic rings. The van der Waals surface area contributed by atoms with Crippen LogP contribution >= 0.6 is 0 Å². The van der Waals surface area contributed by atoms with E-state index in [0.29, 0.717) is 19.5 Å². The van der Waals surface area contributed by atoms with E-state index >= 15 is 0 Å². The summed E-state index contributed by atoms with van der Waals surface area (Å²) in [6, 6.07) is 0.0536. The number of carbonyl (C=O) groups excluding carboxylic acids is 2. The number of allylic oxidation sites excluding steroid dienone is 2. The largest absolute Gasteiger partial charge is 0.444 e. The molecule has 1 atom stereocenters. The molecule has 0 spiro atoms. The van der Waals surface area contributed by atoms with Gasteiger partial charge >= 0.3 is 6.09 Å². The molecule has 0 aromatic carbocycles. The molecule has 1 aliphatic heterocycles. The molecule has 192 valence electrons. The maximum Gasteiger partial charge on any atom is 0.410 e. The van der Waals surface area contributed by atoms with Crippen molar-refractivity contribution in [3.63, 3.8) is 0 Å². The quantitative estimate of drug-likeness (QED) is 0.179. The highest BCUT2D eigenvalue weighted by Crippen LogP contribution is 2.20. The second kappa shape index (κ2) is 17.9. The molecule has 0 aromatic rings. The third-order valence-corrected chi connectivity index (χ3v) is 6.21. The van der Waals surface area contributed by atoms with E-state index in [-0.39, 0.29) is 18.0 Å². The maximum atomic E-state index is 12.3. The average molecular weight is 465 g/mol. The number of ether oxygens (including phenoxy) is 1. The van der Waals surface area contributed by atoms with Gasteiger partial charge in [0.25, 0.3) is 0 Å². The van der Waals surface area contributed by atoms with Crippen LogP contribution in [0.25, 0.3) is 0 Å². The van der Waals surface area contributed by atoms with Crippen molar-refractivity contribution in [2.45, 2.75) is 142 Å². The Morgan fingerprint density at radius 2 is 1.48 bits per heavy atom. The van der Waals surface area contributed by atoms with Gasteiger partial charge in [0.2, 0.25) is 5.91 Å². The summed E-state index contributed by atoms with van der Waals surface area (Å²) in [5, 5.41) is 3.02. The molecule has 0 saturated carbocycles. The first-order valence-corrected chi connectivity index (χ1v) is 13.7. The van der Waals surface area contributed by atoms with Crippen LogP contribution in [0, 0.1) is 0 Å². The highest BCUT2D eigenvalue weighted by atomic mass is 16.6. The van der Waals surface area contributed by atoms with Crippen LogP contribution in [-0.2, 0) is 9.53 Å². The predicted molar refractivity (Wildman–Crippen MR) is 138 cm³/mol. The molecule has 0 radical (unpaired) electrons. The standard InChI is InChI=1S/C28H52N2O3/c1-5-6-7-8-9-10-11-12-13-14-15-16-17-18-19-22-26(31)29-24-25-21-20-23-30(25)27(32)33-28(2,3)4/h12-13,25H,5-11,14-24H2,1-4H3,(H,29,31)/t25-/m0/s1. The lowest BCUT2D eigenvalue weighted by Gasteiger charge is -2.28. The maximum absolute atomic E-state index is 12.3. The minimum Gasteiger partial charge on any atom is -0.444 e. The second-order valence-corrected chi connectivity index (χ2v) is 10.6. The Balaban J connectivity index is 1.98. The Morgan fingerprint density at radius 3 is 2.09 bits per heavy atom. The van der Waals surface area contributed by atoms with E-state index in [1.165, 1.54) is 70.6 Å². The van der Waals surface area contributed by atoms with Crippen molar-refractivity contribution in [2.24, 2.45) is 0 Å². The normalized spacial score (nSPS) is 16.5. The van der Waals surface area contributed by atoms with Crippen molar-refractivity contribution in [3.8, 4) is 0 Å². The van der Waals surface area contributed by atoms with E-state index in [4.69, 9.17) is 4.74 Å². The fraction of sp³-hybridized carbons (Fsp3) is 0.857. The van der Waals surface area contributed by atoms with E-state index in [9.17, 15) is 9.59 Å². The fourth-order valence-corrected chi connectivity index (χ4v) is 4.29. The molecular weight excluding hydrogens is 412 g/mol. The zero-order valence-corrected chi connectivity index (χ0v) is 22.1. The van der Waals surface area contributed by atoms with Crippen molar-refractivity contribution in [3.05, 3.63) is 12.2 Å². The van der Waals surface area contributed by atoms with Gasteiger partial charge in [0.15, 0.2) is 0 Å².